The van der Waals surface area contributed by atoms with Crippen LogP contribution in [0.1, 0.15) is 37.8 Å². The van der Waals surface area contributed by atoms with Gasteiger partial charge >= 0.3 is 112 Å². The summed E-state index contributed by atoms with van der Waals surface area (Å²) in [6, 6.07) is 9.25. The van der Waals surface area contributed by atoms with Gasteiger partial charge in [0.25, 0.3) is 0 Å². The molecule has 6 fully saturated rings. The van der Waals surface area contributed by atoms with Crippen molar-refractivity contribution in [2.45, 2.75) is 99.7 Å². The number of hydrogen-bond acceptors (Lipinski definition) is 26. The third-order valence-corrected chi connectivity index (χ3v) is 64.1. The van der Waals surface area contributed by atoms with Crippen LogP contribution >= 0.6 is 82.3 Å². The maximum Gasteiger partial charge on any atom is 0.479 e. The average Bonchev–Trinajstić information content (AvgIpc) is 0.707. The molecule has 6 aliphatic heterocycles. The molecule has 8 bridgehead atoms. The van der Waals surface area contributed by atoms with Crippen molar-refractivity contribution in [2.75, 3.05) is 80.5 Å². The number of carbonyl (C=O) groups is 7. The molecule has 2 atom stereocenters. The number of benzene rings is 1. The van der Waals surface area contributed by atoms with Crippen LogP contribution in [-0.2, 0) is 82.9 Å². The Morgan fingerprint density at radius 3 is 0.791 bits per heavy atom. The van der Waals surface area contributed by atoms with Crippen LogP contribution in [0.2, 0.25) is 67.5 Å². The van der Waals surface area contributed by atoms with Gasteiger partial charge in [0.05, 0.1) is 48.3 Å². The fraction of sp³-hybridized carbons (Fsp3) is 0.705. The molecule has 486 valence electrons. The summed E-state index contributed by atoms with van der Waals surface area (Å²) in [7, 11) is -41.4. The smallest absolute Gasteiger partial charge is 0.479 e. The minimum atomic E-state index is -4.85. The van der Waals surface area contributed by atoms with Crippen molar-refractivity contribution >= 4 is 203 Å². The molecular weight excluding hydrogens is 1420 g/mol. The number of thioether (sulfide) groups is 7. The third-order valence-electron chi connectivity index (χ3n) is 13.7. The molecule has 26 nitrogen and oxygen atoms in total. The normalized spacial score (nSPS) is 30.1. The van der Waals surface area contributed by atoms with E-state index in [4.69, 9.17) is 49.4 Å². The summed E-state index contributed by atoms with van der Waals surface area (Å²) in [6.45, 7) is 8.89. The van der Waals surface area contributed by atoms with Crippen LogP contribution in [0.3, 0.4) is 0 Å². The predicted molar refractivity (Wildman–Crippen MR) is 348 cm³/mol. The van der Waals surface area contributed by atoms with Gasteiger partial charge in [0.2, 0.25) is 0 Å². The number of carboxylic acids is 7. The summed E-state index contributed by atoms with van der Waals surface area (Å²) in [6.07, 6.45) is 1.75. The van der Waals surface area contributed by atoms with E-state index in [1.54, 1.807) is 0 Å². The van der Waals surface area contributed by atoms with Gasteiger partial charge in [0, 0.05) is 48.4 Å². The standard InChI is InChI=1S/C44H76O26S7Si9/c1-5-35(2)27-37(36-9-7-6-8-10-36)78(3,4)25-26-86-68-83(22-15-75-32-42(53)54)62-80(19-12-72-29-39(47)48)59-79(18-11-71-28-38(45)46)60-81(64-83,20-13-73-30-40(49)50)66-85(70-86,24-17-77-34-44(57)58)67-82(61-79,21-14-74-31-41(51)52)65-84(63-80,69-86)23-16-76-33-43(55)56/h6-10,35,37H,5,11-34H2,1-4H3,(H,45,46)(H,47,48)(H,49,50)(H,51,52)(H,53,54)(H,55,56)(H,57,58). The zero-order valence-electron chi connectivity index (χ0n) is 48.0. The second-order valence-corrected chi connectivity index (χ2v) is 58.9. The van der Waals surface area contributed by atoms with Crippen molar-refractivity contribution in [1.82, 2.24) is 0 Å². The Kier molecular flexibility index (Phi) is 29.0. The van der Waals surface area contributed by atoms with E-state index in [9.17, 15) is 69.3 Å². The van der Waals surface area contributed by atoms with Gasteiger partial charge in [0.15, 0.2) is 0 Å². The molecule has 0 saturated carbocycles. The zero-order chi connectivity index (χ0) is 62.9. The molecule has 0 amide bonds. The highest BCUT2D eigenvalue weighted by atomic mass is 32.2. The van der Waals surface area contributed by atoms with Crippen LogP contribution < -0.4 is 0 Å². The summed E-state index contributed by atoms with van der Waals surface area (Å²) < 4.78 is 92.6. The second-order valence-electron chi connectivity index (χ2n) is 21.3. The molecule has 0 radical (unpaired) electrons. The van der Waals surface area contributed by atoms with E-state index < -0.39 is 120 Å². The largest absolute Gasteiger partial charge is 0.481 e. The van der Waals surface area contributed by atoms with Gasteiger partial charge in [-0.05, 0) is 63.7 Å². The molecule has 86 heavy (non-hydrogen) atoms. The summed E-state index contributed by atoms with van der Waals surface area (Å²) in [5, 5.41) is 69.4. The highest BCUT2D eigenvalue weighted by molar-refractivity contribution is 8.01. The Balaban J connectivity index is 1.73. The second kappa shape index (κ2) is 33.5. The lowest BCUT2D eigenvalue weighted by Crippen LogP contribution is -2.88. The molecule has 0 spiro atoms. The van der Waals surface area contributed by atoms with E-state index in [1.807, 2.05) is 18.2 Å². The van der Waals surface area contributed by atoms with Gasteiger partial charge in [-0.15, -0.1) is 0 Å². The van der Waals surface area contributed by atoms with Crippen LogP contribution in [-0.4, -0.2) is 237 Å². The fourth-order valence-electron chi connectivity index (χ4n) is 9.87. The first-order valence-corrected chi connectivity index (χ1v) is 54.4. The van der Waals surface area contributed by atoms with Crippen molar-refractivity contribution in [2.24, 2.45) is 5.92 Å². The van der Waals surface area contributed by atoms with E-state index in [1.165, 1.54) is 0 Å². The van der Waals surface area contributed by atoms with Gasteiger partial charge in [-0.2, -0.15) is 82.3 Å². The summed E-state index contributed by atoms with van der Waals surface area (Å²) in [5.74, 6) is -10.1. The molecule has 6 saturated heterocycles. The van der Waals surface area contributed by atoms with E-state index in [-0.39, 0.29) is 134 Å². The minimum absolute atomic E-state index is 0.00938. The molecule has 6 aliphatic rings. The molecule has 6 heterocycles. The SMILES string of the molecule is CCC(C)CC(c1ccccc1)[Si](C)(C)CC[Si]12O[Si]3(CCSCC(=O)O)O[Si]4(CCSCC(=O)O)O[Si]5(CCSCC(=O)O)O[Si](CCSCC(=O)O)(O3)O[Si](CCSCC(=O)O)(O[Si](CCSCC(=O)O)(O5)O[Si](CCSCC(=O)O)(O4)O1)O2. The summed E-state index contributed by atoms with van der Waals surface area (Å²) in [4.78, 5) is 85.0. The van der Waals surface area contributed by atoms with Crippen molar-refractivity contribution in [3.8, 4) is 0 Å². The molecule has 1 aromatic carbocycles. The maximum atomic E-state index is 12.2. The first-order valence-electron chi connectivity index (χ1n) is 27.6. The topological polar surface area (TPSA) is 372 Å². The van der Waals surface area contributed by atoms with E-state index in [0.717, 1.165) is 101 Å². The quantitative estimate of drug-likeness (QED) is 0.0257. The Morgan fingerprint density at radius 1 is 0.384 bits per heavy atom. The minimum Gasteiger partial charge on any atom is -0.481 e. The highest BCUT2D eigenvalue weighted by Crippen LogP contribution is 2.55. The molecule has 0 aliphatic carbocycles. The van der Waals surface area contributed by atoms with E-state index in [0.29, 0.717) is 12.0 Å². The number of carboxylic acid groups (broad SMARTS) is 7. The highest BCUT2D eigenvalue weighted by Gasteiger charge is 2.83. The Bertz CT molecular complexity index is 2290. The van der Waals surface area contributed by atoms with Gasteiger partial charge < -0.3 is 85.1 Å². The molecule has 7 rings (SSSR count). The Hall–Kier alpha value is -0.568. The van der Waals surface area contributed by atoms with Crippen LogP contribution in [0.5, 0.6) is 0 Å². The van der Waals surface area contributed by atoms with Gasteiger partial charge in [-0.1, -0.05) is 69.7 Å². The third kappa shape index (κ3) is 22.6. The number of rotatable bonds is 43. The van der Waals surface area contributed by atoms with Gasteiger partial charge in [0.1, 0.15) is 0 Å². The predicted octanol–water partition coefficient (Wildman–Crippen LogP) is 6.96. The average molecular weight is 1500 g/mol. The lowest BCUT2D eigenvalue weighted by molar-refractivity contribution is -0.134. The monoisotopic (exact) mass is 1500 g/mol. The lowest BCUT2D eigenvalue weighted by Gasteiger charge is -2.63. The first-order chi connectivity index (χ1) is 40.6. The molecule has 0 aromatic heterocycles. The fourth-order valence-corrected chi connectivity index (χ4v) is 75.0. The summed E-state index contributed by atoms with van der Waals surface area (Å²) in [5.41, 5.74) is 1.21. The molecular formula is C44H76O26S7Si9. The lowest BCUT2D eigenvalue weighted by atomic mass is 9.98. The summed E-state index contributed by atoms with van der Waals surface area (Å²) >= 11 is 7.12. The molecule has 7 N–H and O–H groups in total. The van der Waals surface area contributed by atoms with Crippen LogP contribution in [0.15, 0.2) is 30.3 Å². The van der Waals surface area contributed by atoms with Crippen molar-refractivity contribution in [3.05, 3.63) is 35.9 Å². The van der Waals surface area contributed by atoms with Gasteiger partial charge in [-0.25, -0.2) is 0 Å². The molecule has 2 unspecified atom stereocenters. The van der Waals surface area contributed by atoms with Crippen LogP contribution in [0.4, 0.5) is 0 Å². The number of aliphatic carboxylic acids is 7. The van der Waals surface area contributed by atoms with Crippen molar-refractivity contribution < 1.29 is 119 Å². The van der Waals surface area contributed by atoms with Crippen LogP contribution in [0.25, 0.3) is 0 Å². The number of hydrogen-bond donors (Lipinski definition) is 7. The van der Waals surface area contributed by atoms with E-state index in [2.05, 4.69) is 39.1 Å². The van der Waals surface area contributed by atoms with Crippen molar-refractivity contribution in [3.63, 3.8) is 0 Å². The van der Waals surface area contributed by atoms with E-state index >= 15 is 0 Å². The van der Waals surface area contributed by atoms with Gasteiger partial charge in [-0.3, -0.25) is 33.6 Å². The first kappa shape index (κ1) is 74.5. The Labute approximate surface area is 539 Å². The zero-order valence-corrected chi connectivity index (χ0v) is 62.7. The van der Waals surface area contributed by atoms with Crippen molar-refractivity contribution in [1.29, 1.82) is 0 Å². The molecule has 1 aromatic rings. The maximum absolute atomic E-state index is 12.2. The molecule has 42 heteroatoms. The Morgan fingerprint density at radius 2 is 0.593 bits per heavy atom. The van der Waals surface area contributed by atoms with Crippen LogP contribution in [0, 0.1) is 5.92 Å².